The zero-order valence-electron chi connectivity index (χ0n) is 8.78. The number of hydrogen-bond donors (Lipinski definition) is 1. The molecule has 2 atom stereocenters. The van der Waals surface area contributed by atoms with Crippen molar-refractivity contribution in [2.24, 2.45) is 0 Å². The lowest BCUT2D eigenvalue weighted by Crippen LogP contribution is -2.38. The predicted octanol–water partition coefficient (Wildman–Crippen LogP) is 1.34. The zero-order chi connectivity index (χ0) is 12.3. The number of nitrogens with zero attached hydrogens (tertiary/aromatic N) is 1. The summed E-state index contributed by atoms with van der Waals surface area (Å²) in [5.74, 6) is 0.555. The number of hydrogen-bond acceptors (Lipinski definition) is 4. The summed E-state index contributed by atoms with van der Waals surface area (Å²) in [7, 11) is 0. The summed E-state index contributed by atoms with van der Waals surface area (Å²) in [6.45, 7) is 0.193. The van der Waals surface area contributed by atoms with Crippen molar-refractivity contribution in [3.05, 3.63) is 24.5 Å². The van der Waals surface area contributed by atoms with Gasteiger partial charge in [-0.1, -0.05) is 0 Å². The van der Waals surface area contributed by atoms with Crippen molar-refractivity contribution in [2.45, 2.75) is 18.5 Å². The Morgan fingerprint density at radius 2 is 2.12 bits per heavy atom. The summed E-state index contributed by atoms with van der Waals surface area (Å²) in [6, 6.07) is 3.26. The number of pyridine rings is 1. The minimum absolute atomic E-state index is 0.0730. The van der Waals surface area contributed by atoms with Crippen molar-refractivity contribution < 1.29 is 22.6 Å². The lowest BCUT2D eigenvalue weighted by atomic mass is 10.4. The molecule has 0 radical (unpaired) electrons. The van der Waals surface area contributed by atoms with Crippen LogP contribution in [0.15, 0.2) is 24.5 Å². The smallest absolute Gasteiger partial charge is 0.428 e. The van der Waals surface area contributed by atoms with Crippen LogP contribution in [0.25, 0.3) is 0 Å². The van der Waals surface area contributed by atoms with Gasteiger partial charge in [-0.05, 0) is 12.1 Å². The number of nitrogens with one attached hydrogen (secondary N) is 1. The molecule has 0 saturated carbocycles. The van der Waals surface area contributed by atoms with E-state index in [-0.39, 0.29) is 13.2 Å². The van der Waals surface area contributed by atoms with Crippen molar-refractivity contribution in [3.63, 3.8) is 0 Å². The molecule has 1 saturated heterocycles. The molecule has 2 unspecified atom stereocenters. The van der Waals surface area contributed by atoms with Gasteiger partial charge in [0.15, 0.2) is 0 Å². The van der Waals surface area contributed by atoms with Crippen molar-refractivity contribution in [3.8, 4) is 5.75 Å². The van der Waals surface area contributed by atoms with Gasteiger partial charge >= 0.3 is 6.18 Å². The summed E-state index contributed by atoms with van der Waals surface area (Å²) >= 11 is 0. The van der Waals surface area contributed by atoms with Crippen LogP contribution in [0.4, 0.5) is 13.2 Å². The summed E-state index contributed by atoms with van der Waals surface area (Å²) in [5.41, 5.74) is 0. The Labute approximate surface area is 95.7 Å². The van der Waals surface area contributed by atoms with Gasteiger partial charge in [0.05, 0.1) is 0 Å². The summed E-state index contributed by atoms with van der Waals surface area (Å²) in [5, 5.41) is 2.24. The molecular weight excluding hydrogens is 237 g/mol. The summed E-state index contributed by atoms with van der Waals surface area (Å²) < 4.78 is 46.8. The average molecular weight is 248 g/mol. The Hall–Kier alpha value is -1.34. The molecule has 2 rings (SSSR count). The number of aromatic nitrogens is 1. The topological polar surface area (TPSA) is 43.4 Å². The Balaban J connectivity index is 1.79. The third-order valence-corrected chi connectivity index (χ3v) is 2.24. The first kappa shape index (κ1) is 12.1. The predicted molar refractivity (Wildman–Crippen MR) is 52.5 cm³/mol. The molecule has 0 bridgehead atoms. The second kappa shape index (κ2) is 4.89. The third-order valence-electron chi connectivity index (χ3n) is 2.24. The molecule has 0 amide bonds. The molecule has 7 heteroatoms. The van der Waals surface area contributed by atoms with Crippen LogP contribution in [0.1, 0.15) is 0 Å². The fourth-order valence-corrected chi connectivity index (χ4v) is 1.44. The SMILES string of the molecule is FC(F)(F)C1NCC(COc2ccncc2)O1. The quantitative estimate of drug-likeness (QED) is 0.876. The third kappa shape index (κ3) is 3.31. The maximum atomic E-state index is 12.3. The highest BCUT2D eigenvalue weighted by Crippen LogP contribution is 2.25. The van der Waals surface area contributed by atoms with E-state index < -0.39 is 18.5 Å². The lowest BCUT2D eigenvalue weighted by molar-refractivity contribution is -0.221. The van der Waals surface area contributed by atoms with Crippen LogP contribution < -0.4 is 10.1 Å². The minimum atomic E-state index is -4.38. The first-order valence-corrected chi connectivity index (χ1v) is 5.04. The van der Waals surface area contributed by atoms with E-state index >= 15 is 0 Å². The summed E-state index contributed by atoms with van der Waals surface area (Å²) in [6.07, 6.45) is -3.79. The fourth-order valence-electron chi connectivity index (χ4n) is 1.44. The van der Waals surface area contributed by atoms with Gasteiger partial charge in [0, 0.05) is 18.9 Å². The van der Waals surface area contributed by atoms with Crippen molar-refractivity contribution in [1.82, 2.24) is 10.3 Å². The van der Waals surface area contributed by atoms with E-state index in [9.17, 15) is 13.2 Å². The Morgan fingerprint density at radius 1 is 1.41 bits per heavy atom. The normalized spacial score (nSPS) is 24.9. The van der Waals surface area contributed by atoms with Crippen LogP contribution in [0.5, 0.6) is 5.75 Å². The van der Waals surface area contributed by atoms with E-state index in [0.29, 0.717) is 5.75 Å². The first-order chi connectivity index (χ1) is 8.05. The molecule has 1 aliphatic rings. The lowest BCUT2D eigenvalue weighted by Gasteiger charge is -2.15. The van der Waals surface area contributed by atoms with Crippen LogP contribution in [-0.4, -0.2) is 36.6 Å². The maximum absolute atomic E-state index is 12.3. The van der Waals surface area contributed by atoms with Gasteiger partial charge in [0.2, 0.25) is 6.23 Å². The molecule has 1 N–H and O–H groups in total. The number of ether oxygens (including phenoxy) is 2. The van der Waals surface area contributed by atoms with E-state index in [1.807, 2.05) is 0 Å². The molecule has 1 aromatic heterocycles. The van der Waals surface area contributed by atoms with Gasteiger partial charge in [-0.25, -0.2) is 0 Å². The van der Waals surface area contributed by atoms with E-state index in [1.54, 1.807) is 24.5 Å². The largest absolute Gasteiger partial charge is 0.491 e. The van der Waals surface area contributed by atoms with Crippen LogP contribution in [0, 0.1) is 0 Å². The molecule has 17 heavy (non-hydrogen) atoms. The number of alkyl halides is 3. The molecule has 0 aromatic carbocycles. The van der Waals surface area contributed by atoms with Gasteiger partial charge in [-0.15, -0.1) is 0 Å². The van der Waals surface area contributed by atoms with E-state index in [4.69, 9.17) is 9.47 Å². The second-order valence-electron chi connectivity index (χ2n) is 3.58. The standard InChI is InChI=1S/C10H11F3N2O2/c11-10(12,13)9-15-5-8(17-9)6-16-7-1-3-14-4-2-7/h1-4,8-9,15H,5-6H2. The molecule has 4 nitrogen and oxygen atoms in total. The fraction of sp³-hybridized carbons (Fsp3) is 0.500. The van der Waals surface area contributed by atoms with Crippen molar-refractivity contribution in [1.29, 1.82) is 0 Å². The van der Waals surface area contributed by atoms with Crippen LogP contribution >= 0.6 is 0 Å². The molecule has 2 heterocycles. The molecule has 0 aliphatic carbocycles. The first-order valence-electron chi connectivity index (χ1n) is 5.04. The van der Waals surface area contributed by atoms with Crippen LogP contribution in [0.3, 0.4) is 0 Å². The average Bonchev–Trinajstić information content (AvgIpc) is 2.76. The Morgan fingerprint density at radius 3 is 2.71 bits per heavy atom. The highest BCUT2D eigenvalue weighted by molar-refractivity contribution is 5.16. The highest BCUT2D eigenvalue weighted by atomic mass is 19.4. The van der Waals surface area contributed by atoms with Gasteiger partial charge in [0.25, 0.3) is 0 Å². The molecule has 94 valence electrons. The van der Waals surface area contributed by atoms with Crippen LogP contribution in [0.2, 0.25) is 0 Å². The minimum Gasteiger partial charge on any atom is -0.491 e. The van der Waals surface area contributed by atoms with E-state index in [0.717, 1.165) is 0 Å². The van der Waals surface area contributed by atoms with Crippen molar-refractivity contribution in [2.75, 3.05) is 13.2 Å². The van der Waals surface area contributed by atoms with Gasteiger partial charge in [-0.2, -0.15) is 13.2 Å². The molecule has 1 aromatic rings. The van der Waals surface area contributed by atoms with Gasteiger partial charge in [0.1, 0.15) is 18.5 Å². The number of halogens is 3. The Bertz CT molecular complexity index is 358. The molecule has 0 spiro atoms. The van der Waals surface area contributed by atoms with Gasteiger partial charge < -0.3 is 9.47 Å². The molecular formula is C10H11F3N2O2. The van der Waals surface area contributed by atoms with E-state index in [1.165, 1.54) is 0 Å². The van der Waals surface area contributed by atoms with E-state index in [2.05, 4.69) is 10.3 Å². The molecule has 1 aliphatic heterocycles. The monoisotopic (exact) mass is 248 g/mol. The van der Waals surface area contributed by atoms with Gasteiger partial charge in [-0.3, -0.25) is 10.3 Å². The Kier molecular flexibility index (Phi) is 3.49. The maximum Gasteiger partial charge on any atom is 0.428 e. The van der Waals surface area contributed by atoms with Crippen molar-refractivity contribution >= 4 is 0 Å². The van der Waals surface area contributed by atoms with Crippen LogP contribution in [-0.2, 0) is 4.74 Å². The number of rotatable bonds is 3. The second-order valence-corrected chi connectivity index (χ2v) is 3.58. The summed E-state index contributed by atoms with van der Waals surface area (Å²) in [4.78, 5) is 3.80. The molecule has 1 fully saturated rings. The highest BCUT2D eigenvalue weighted by Gasteiger charge is 2.45. The zero-order valence-corrected chi connectivity index (χ0v) is 8.78.